The molecule has 0 radical (unpaired) electrons. The Bertz CT molecular complexity index is 5050. The Balaban J connectivity index is 0.916. The number of imidazole rings is 1. The number of carbonyl (C=O) groups is 16. The number of fused-ring (bicyclic) bond motifs is 2. The highest BCUT2D eigenvalue weighted by molar-refractivity contribution is 7.98. The maximum atomic E-state index is 15.4. The second-order valence-electron chi connectivity index (χ2n) is 34.8. The smallest absolute Gasteiger partial charge is 0.326 e. The zero-order valence-corrected chi connectivity index (χ0v) is 76.7. The SMILES string of the molecule is CSCC[C@H](NC(=O)[C@@H]1CCCN1C(=O)[C@H](CCC(N)=O)NC(=O)CNC(=O)[C@@H]1CCCN1C(=O)[C@H](CCCCN)NC(=O)[C@H](CC(C)C)NC(=O)[C@H](CCC(=O)N[C@@H]1O[C@H](CO)[C@@H](O)[C@H](O)[C@H]1NC(C)=O)NC(=O)[C@H](CC(C)C)NC(=O)[C@H](Cc1c[nH]c2ccccc12)NC(=O)[C@H](Cc1c[nH]cn1)NC(=O)[C@@H](N)Cc1c[nH]c2ccccc12)C(=O)N[C@@H](Cc1ccc(O)cc1)C(=O)O. The second-order valence-corrected chi connectivity index (χ2v) is 35.8. The average molecular weight is 1890 g/mol. The largest absolute Gasteiger partial charge is 0.508 e. The van der Waals surface area contributed by atoms with E-state index in [-0.39, 0.29) is 109 Å². The van der Waals surface area contributed by atoms with Gasteiger partial charge in [-0.05, 0) is 155 Å². The number of para-hydroxylation sites is 2. The molecule has 3 aliphatic rings. The number of H-pyrrole nitrogens is 3. The lowest BCUT2D eigenvalue weighted by molar-refractivity contribution is -0.203. The molecule has 3 aliphatic heterocycles. The van der Waals surface area contributed by atoms with Crippen molar-refractivity contribution in [2.45, 2.75) is 253 Å². The number of phenols is 1. The van der Waals surface area contributed by atoms with Crippen molar-refractivity contribution in [1.29, 1.82) is 0 Å². The monoisotopic (exact) mass is 1890 g/mol. The summed E-state index contributed by atoms with van der Waals surface area (Å²) in [5.41, 5.74) is 21.7. The van der Waals surface area contributed by atoms with Crippen molar-refractivity contribution in [3.05, 3.63) is 120 Å². The molecule has 6 aromatic rings. The number of hydrogen-bond acceptors (Lipinski definition) is 25. The van der Waals surface area contributed by atoms with Gasteiger partial charge in [-0.1, -0.05) is 76.2 Å². The molecule has 0 aliphatic carbocycles. The minimum atomic E-state index is -1.80. The van der Waals surface area contributed by atoms with Crippen LogP contribution in [0.15, 0.2) is 97.7 Å². The molecule has 0 saturated carbocycles. The molecule has 134 heavy (non-hydrogen) atoms. The minimum Gasteiger partial charge on any atom is -0.508 e. The molecule has 26 N–H and O–H groups in total. The van der Waals surface area contributed by atoms with Crippen molar-refractivity contribution in [1.82, 2.24) is 93.5 Å². The normalized spacial score (nSPS) is 19.4. The number of amides is 15. The summed E-state index contributed by atoms with van der Waals surface area (Å²) in [6.45, 7) is 6.54. The van der Waals surface area contributed by atoms with Crippen LogP contribution < -0.4 is 81.0 Å². The van der Waals surface area contributed by atoms with E-state index in [9.17, 15) is 78.3 Å². The quantitative estimate of drug-likeness (QED) is 0.0173. The lowest BCUT2D eigenvalue weighted by atomic mass is 9.95. The van der Waals surface area contributed by atoms with Crippen LogP contribution >= 0.6 is 11.8 Å². The van der Waals surface area contributed by atoms with Gasteiger partial charge in [0.25, 0.3) is 0 Å². The molecule has 730 valence electrons. The number of unbranched alkanes of at least 4 members (excludes halogenated alkanes) is 1. The zero-order chi connectivity index (χ0) is 97.6. The van der Waals surface area contributed by atoms with Gasteiger partial charge in [0.2, 0.25) is 88.6 Å². The Kier molecular flexibility index (Phi) is 40.0. The number of aromatic hydroxyl groups is 1. The highest BCUT2D eigenvalue weighted by Gasteiger charge is 2.47. The number of aromatic amines is 3. The van der Waals surface area contributed by atoms with Crippen LogP contribution in [0.3, 0.4) is 0 Å². The fourth-order valence-corrected chi connectivity index (χ4v) is 17.1. The first-order valence-electron chi connectivity index (χ1n) is 45.1. The number of ether oxygens (including phenoxy) is 1. The standard InChI is InChI=1S/C90H127N21O22S/c1-47(2)35-64(106-83(125)66(39-52-42-96-59-18-10-8-16-56(52)59)107-84(126)67(40-53-43-94-46-98-53)104-78(120)57(92)38-51-41-95-58-17-9-7-15-55(51)58)81(123)101-60(27-29-73(116)109-87-75(99-49(5)113)77(119)76(118)71(45-112)133-87)79(121)105-65(36-48(3)4)82(124)103-62(19-11-12-31-91)88(129)110-32-13-20-69(110)85(127)97-44-74(117)100-63(26-28-72(93)115)89(130)111-33-14-21-70(111)86(128)102-61(30-34-134-6)80(122)108-68(90(131)132)37-50-22-24-54(114)25-23-50/h7-10,15-18,22-25,41-43,46-48,57,60-71,75-77,87,95-96,112,114,118-119H,11-14,19-21,26-40,44-45,91-92H2,1-6H3,(H2,93,115)(H,94,98)(H,97,127)(H,99,113)(H,100,117)(H,101,123)(H,102,128)(H,103,124)(H,104,120)(H,105,121)(H,106,125)(H,107,126)(H,108,122)(H,109,116)(H,131,132)/t57-,60-,61-,62-,63-,64-,65-,66-,67-,68-,69-,70-,71+,75+,76+,77+,87+/m0/s1. The van der Waals surface area contributed by atoms with Gasteiger partial charge >= 0.3 is 5.97 Å². The average Bonchev–Trinajstić information content (AvgIpc) is 1.18. The first-order valence-corrected chi connectivity index (χ1v) is 46.4. The number of nitrogens with two attached hydrogens (primary N) is 3. The van der Waals surface area contributed by atoms with Crippen molar-refractivity contribution in [3.8, 4) is 5.75 Å². The van der Waals surface area contributed by atoms with E-state index in [2.05, 4.69) is 83.7 Å². The summed E-state index contributed by atoms with van der Waals surface area (Å²) in [5.74, 6) is -14.7. The summed E-state index contributed by atoms with van der Waals surface area (Å²) < 4.78 is 5.75. The molecule has 0 unspecified atom stereocenters. The van der Waals surface area contributed by atoms with Crippen LogP contribution in [-0.2, 0) is 107 Å². The summed E-state index contributed by atoms with van der Waals surface area (Å²) in [5, 5.41) is 85.0. The van der Waals surface area contributed by atoms with Crippen LogP contribution in [0.1, 0.15) is 147 Å². The topological polar surface area (TPSA) is 673 Å². The summed E-state index contributed by atoms with van der Waals surface area (Å²) in [4.78, 5) is 243. The Hall–Kier alpha value is -12.6. The summed E-state index contributed by atoms with van der Waals surface area (Å²) in [6.07, 6.45) is -0.0233. The number of phenolic OH excluding ortho intramolecular Hbond substituents is 1. The van der Waals surface area contributed by atoms with Gasteiger partial charge in [-0.15, -0.1) is 0 Å². The molecule has 44 heteroatoms. The molecule has 3 aromatic carbocycles. The van der Waals surface area contributed by atoms with E-state index in [0.29, 0.717) is 46.3 Å². The van der Waals surface area contributed by atoms with Gasteiger partial charge in [0, 0.05) is 92.5 Å². The molecule has 3 saturated heterocycles. The number of likely N-dealkylation sites (tertiary alicyclic amines) is 2. The van der Waals surface area contributed by atoms with Crippen LogP contribution in [0.4, 0.5) is 0 Å². The number of aliphatic carboxylic acids is 1. The number of hydrogen-bond donors (Lipinski definition) is 23. The van der Waals surface area contributed by atoms with Crippen molar-refractivity contribution in [3.63, 3.8) is 0 Å². The number of primary amides is 1. The number of carbonyl (C=O) groups excluding carboxylic acids is 15. The number of nitrogens with zero attached hydrogens (tertiary/aromatic N) is 3. The number of thioether (sulfide) groups is 1. The molecule has 17 atom stereocenters. The molecule has 6 heterocycles. The molecule has 0 bridgehead atoms. The van der Waals surface area contributed by atoms with Gasteiger partial charge in [-0.25, -0.2) is 9.78 Å². The molecular weight excluding hydrogens is 1760 g/mol. The number of aliphatic hydroxyl groups excluding tert-OH is 3. The predicted molar refractivity (Wildman–Crippen MR) is 490 cm³/mol. The lowest BCUT2D eigenvalue weighted by Gasteiger charge is -2.42. The summed E-state index contributed by atoms with van der Waals surface area (Å²) in [6, 6.07) is 1.78. The third-order valence-electron chi connectivity index (χ3n) is 23.6. The first-order chi connectivity index (χ1) is 63.9. The fourth-order valence-electron chi connectivity index (χ4n) is 16.6. The van der Waals surface area contributed by atoms with E-state index in [1.807, 2.05) is 24.3 Å². The van der Waals surface area contributed by atoms with Gasteiger partial charge < -0.3 is 136 Å². The van der Waals surface area contributed by atoms with E-state index in [0.717, 1.165) is 23.4 Å². The molecule has 43 nitrogen and oxygen atoms in total. The highest BCUT2D eigenvalue weighted by Crippen LogP contribution is 2.27. The molecule has 9 rings (SSSR count). The molecule has 15 amide bonds. The molecule has 3 aromatic heterocycles. The Labute approximate surface area is 777 Å². The summed E-state index contributed by atoms with van der Waals surface area (Å²) >= 11 is 1.35. The zero-order valence-electron chi connectivity index (χ0n) is 75.8. The maximum absolute atomic E-state index is 15.4. The van der Waals surface area contributed by atoms with E-state index in [4.69, 9.17) is 21.9 Å². The van der Waals surface area contributed by atoms with E-state index in [1.165, 1.54) is 58.4 Å². The third kappa shape index (κ3) is 30.5. The van der Waals surface area contributed by atoms with Gasteiger partial charge in [0.15, 0.2) is 6.23 Å². The second kappa shape index (κ2) is 51.0. The minimum absolute atomic E-state index is 0.00109. The van der Waals surface area contributed by atoms with Crippen LogP contribution in [-0.4, -0.2) is 298 Å². The van der Waals surface area contributed by atoms with Gasteiger partial charge in [-0.3, -0.25) is 71.9 Å². The third-order valence-corrected chi connectivity index (χ3v) is 24.2. The van der Waals surface area contributed by atoms with Gasteiger partial charge in [0.05, 0.1) is 31.2 Å². The van der Waals surface area contributed by atoms with E-state index >= 15 is 24.0 Å². The first kappa shape index (κ1) is 105. The molecular formula is C90H127N21O22S. The summed E-state index contributed by atoms with van der Waals surface area (Å²) in [7, 11) is 0. The Morgan fingerprint density at radius 3 is 1.60 bits per heavy atom. The fraction of sp³-hybridized carbons (Fsp3) is 0.544. The van der Waals surface area contributed by atoms with Gasteiger partial charge in [-0.2, -0.15) is 11.8 Å². The molecule has 0 spiro atoms. The number of carboxylic acid groups (broad SMARTS) is 1. The lowest BCUT2D eigenvalue weighted by Crippen LogP contribution is -2.68. The number of aromatic nitrogens is 4. The van der Waals surface area contributed by atoms with Crippen LogP contribution in [0.25, 0.3) is 21.8 Å². The van der Waals surface area contributed by atoms with Crippen molar-refractivity contribution in [2.75, 3.05) is 44.8 Å². The number of rotatable bonds is 51. The number of nitrogens with one attached hydrogen (secondary N) is 15. The number of aliphatic hydroxyl groups is 3. The highest BCUT2D eigenvalue weighted by atomic mass is 32.2. The molecule has 3 fully saturated rings. The Morgan fingerprint density at radius 2 is 1.06 bits per heavy atom. The van der Waals surface area contributed by atoms with Crippen molar-refractivity contribution >= 4 is 128 Å². The predicted octanol–water partition coefficient (Wildman–Crippen LogP) is -2.70. The van der Waals surface area contributed by atoms with Crippen LogP contribution in [0.5, 0.6) is 5.75 Å². The number of carboxylic acids is 1. The van der Waals surface area contributed by atoms with Crippen molar-refractivity contribution in [2.24, 2.45) is 29.0 Å². The van der Waals surface area contributed by atoms with Gasteiger partial charge in [0.1, 0.15) is 96.6 Å². The van der Waals surface area contributed by atoms with Crippen molar-refractivity contribution < 1.29 is 107 Å². The Morgan fingerprint density at radius 1 is 0.552 bits per heavy atom. The van der Waals surface area contributed by atoms with E-state index < -0.39 is 242 Å². The van der Waals surface area contributed by atoms with Crippen LogP contribution in [0, 0.1) is 11.8 Å². The van der Waals surface area contributed by atoms with E-state index in [1.54, 1.807) is 70.6 Å². The number of benzene rings is 3. The van der Waals surface area contributed by atoms with Crippen LogP contribution in [0.2, 0.25) is 0 Å². The maximum Gasteiger partial charge on any atom is 0.326 e.